The van der Waals surface area contributed by atoms with E-state index in [9.17, 15) is 4.39 Å². The SMILES string of the molecule is Cc1cc(Cc2ccc(F)cc2)cc(C2CCN(Cc3cnn(C)c3C)CC2)n1. The second-order valence-corrected chi connectivity index (χ2v) is 8.27. The van der Waals surface area contributed by atoms with Crippen LogP contribution in [0, 0.1) is 19.7 Å². The molecule has 152 valence electrons. The average Bonchev–Trinajstić information content (AvgIpc) is 3.02. The lowest BCUT2D eigenvalue weighted by Gasteiger charge is -2.31. The van der Waals surface area contributed by atoms with Gasteiger partial charge in [-0.05, 0) is 81.6 Å². The summed E-state index contributed by atoms with van der Waals surface area (Å²) in [6.07, 6.45) is 5.07. The fourth-order valence-corrected chi connectivity index (χ4v) is 4.24. The highest BCUT2D eigenvalue weighted by Gasteiger charge is 2.23. The number of benzene rings is 1. The van der Waals surface area contributed by atoms with Crippen molar-refractivity contribution >= 4 is 0 Å². The molecule has 1 aromatic carbocycles. The second-order valence-electron chi connectivity index (χ2n) is 8.27. The van der Waals surface area contributed by atoms with E-state index in [0.29, 0.717) is 5.92 Å². The molecule has 0 spiro atoms. The maximum absolute atomic E-state index is 13.2. The maximum atomic E-state index is 13.2. The Kier molecular flexibility index (Phi) is 5.76. The van der Waals surface area contributed by atoms with Gasteiger partial charge in [0.2, 0.25) is 0 Å². The minimum atomic E-state index is -0.186. The minimum absolute atomic E-state index is 0.186. The van der Waals surface area contributed by atoms with Crippen LogP contribution in [0.5, 0.6) is 0 Å². The summed E-state index contributed by atoms with van der Waals surface area (Å²) in [5.74, 6) is 0.321. The Morgan fingerprint density at radius 3 is 2.41 bits per heavy atom. The van der Waals surface area contributed by atoms with Gasteiger partial charge in [-0.2, -0.15) is 5.10 Å². The number of likely N-dealkylation sites (tertiary alicyclic amines) is 1. The Bertz CT molecular complexity index is 969. The van der Waals surface area contributed by atoms with Crippen molar-refractivity contribution in [3.8, 4) is 0 Å². The molecule has 3 heterocycles. The topological polar surface area (TPSA) is 34.0 Å². The Hall–Kier alpha value is -2.53. The molecule has 0 atom stereocenters. The van der Waals surface area contributed by atoms with Gasteiger partial charge in [0.25, 0.3) is 0 Å². The minimum Gasteiger partial charge on any atom is -0.299 e. The summed E-state index contributed by atoms with van der Waals surface area (Å²) >= 11 is 0. The summed E-state index contributed by atoms with van der Waals surface area (Å²) in [6, 6.07) is 11.2. The molecule has 29 heavy (non-hydrogen) atoms. The Morgan fingerprint density at radius 1 is 1.03 bits per heavy atom. The van der Waals surface area contributed by atoms with Gasteiger partial charge in [-0.25, -0.2) is 4.39 Å². The van der Waals surface area contributed by atoms with Crippen LogP contribution in [0.2, 0.25) is 0 Å². The molecule has 4 rings (SSSR count). The molecule has 1 saturated heterocycles. The summed E-state index contributed by atoms with van der Waals surface area (Å²) in [5.41, 5.74) is 7.23. The van der Waals surface area contributed by atoms with E-state index < -0.39 is 0 Å². The molecule has 0 amide bonds. The molecular formula is C24H29FN4. The second kappa shape index (κ2) is 8.46. The van der Waals surface area contributed by atoms with E-state index in [-0.39, 0.29) is 5.82 Å². The van der Waals surface area contributed by atoms with E-state index in [1.807, 2.05) is 30.1 Å². The molecular weight excluding hydrogens is 363 g/mol. The van der Waals surface area contributed by atoms with E-state index in [1.165, 1.54) is 34.6 Å². The number of nitrogens with zero attached hydrogens (tertiary/aromatic N) is 4. The van der Waals surface area contributed by atoms with Crippen LogP contribution < -0.4 is 0 Å². The number of rotatable bonds is 5. The summed E-state index contributed by atoms with van der Waals surface area (Å²) in [6.45, 7) is 7.35. The van der Waals surface area contributed by atoms with Crippen molar-refractivity contribution in [3.63, 3.8) is 0 Å². The summed E-state index contributed by atoms with van der Waals surface area (Å²) < 4.78 is 15.1. The van der Waals surface area contributed by atoms with E-state index in [4.69, 9.17) is 4.98 Å². The standard InChI is InChI=1S/C24H29FN4/c1-17-12-20(13-19-4-6-23(25)7-5-19)14-24(27-17)21-8-10-29(11-9-21)16-22-15-26-28(3)18(22)2/h4-7,12,14-15,21H,8-11,13,16H2,1-3H3. The highest BCUT2D eigenvalue weighted by molar-refractivity contribution is 5.30. The lowest BCUT2D eigenvalue weighted by molar-refractivity contribution is 0.203. The smallest absolute Gasteiger partial charge is 0.123 e. The molecule has 1 fully saturated rings. The normalized spacial score (nSPS) is 15.7. The fourth-order valence-electron chi connectivity index (χ4n) is 4.24. The van der Waals surface area contributed by atoms with Crippen LogP contribution in [-0.4, -0.2) is 32.8 Å². The number of pyridine rings is 1. The molecule has 0 aliphatic carbocycles. The van der Waals surface area contributed by atoms with Crippen LogP contribution in [0.1, 0.15) is 52.5 Å². The molecule has 0 saturated carbocycles. The third kappa shape index (κ3) is 4.73. The van der Waals surface area contributed by atoms with Crippen molar-refractivity contribution in [3.05, 3.63) is 82.2 Å². The van der Waals surface area contributed by atoms with Crippen molar-refractivity contribution in [2.24, 2.45) is 7.05 Å². The zero-order valence-electron chi connectivity index (χ0n) is 17.5. The van der Waals surface area contributed by atoms with Crippen LogP contribution in [0.25, 0.3) is 0 Å². The summed E-state index contributed by atoms with van der Waals surface area (Å²) in [7, 11) is 2.00. The van der Waals surface area contributed by atoms with Crippen LogP contribution in [0.3, 0.4) is 0 Å². The predicted molar refractivity (Wildman–Crippen MR) is 113 cm³/mol. The predicted octanol–water partition coefficient (Wildman–Crippen LogP) is 4.54. The number of halogens is 1. The number of piperidine rings is 1. The molecule has 0 bridgehead atoms. The lowest BCUT2D eigenvalue weighted by atomic mass is 9.91. The van der Waals surface area contributed by atoms with E-state index in [0.717, 1.165) is 50.2 Å². The highest BCUT2D eigenvalue weighted by atomic mass is 19.1. The van der Waals surface area contributed by atoms with Crippen molar-refractivity contribution in [1.82, 2.24) is 19.7 Å². The van der Waals surface area contributed by atoms with Crippen LogP contribution in [0.4, 0.5) is 4.39 Å². The summed E-state index contributed by atoms with van der Waals surface area (Å²) in [5, 5.41) is 4.36. The van der Waals surface area contributed by atoms with Gasteiger partial charge in [0.05, 0.1) is 6.20 Å². The third-order valence-corrected chi connectivity index (χ3v) is 6.09. The molecule has 0 N–H and O–H groups in total. The monoisotopic (exact) mass is 392 g/mol. The lowest BCUT2D eigenvalue weighted by Crippen LogP contribution is -2.32. The zero-order valence-corrected chi connectivity index (χ0v) is 17.5. The zero-order chi connectivity index (χ0) is 20.4. The number of hydrogen-bond donors (Lipinski definition) is 0. The van der Waals surface area contributed by atoms with Crippen LogP contribution >= 0.6 is 0 Å². The molecule has 2 aromatic heterocycles. The largest absolute Gasteiger partial charge is 0.299 e. The van der Waals surface area contributed by atoms with Gasteiger partial charge < -0.3 is 0 Å². The van der Waals surface area contributed by atoms with Gasteiger partial charge in [0.15, 0.2) is 0 Å². The number of aromatic nitrogens is 3. The average molecular weight is 393 g/mol. The molecule has 5 heteroatoms. The van der Waals surface area contributed by atoms with E-state index >= 15 is 0 Å². The first-order chi connectivity index (χ1) is 14.0. The number of aryl methyl sites for hydroxylation is 2. The Balaban J connectivity index is 1.40. The molecule has 1 aliphatic heterocycles. The molecule has 3 aromatic rings. The van der Waals surface area contributed by atoms with Gasteiger partial charge in [-0.3, -0.25) is 14.6 Å². The van der Waals surface area contributed by atoms with Crippen molar-refractivity contribution in [2.75, 3.05) is 13.1 Å². The first-order valence-corrected chi connectivity index (χ1v) is 10.4. The van der Waals surface area contributed by atoms with Gasteiger partial charge in [0.1, 0.15) is 5.82 Å². The molecule has 1 aliphatic rings. The first kappa shape index (κ1) is 19.8. The van der Waals surface area contributed by atoms with E-state index in [1.54, 1.807) is 0 Å². The Labute approximate surface area is 172 Å². The Morgan fingerprint density at radius 2 is 1.76 bits per heavy atom. The first-order valence-electron chi connectivity index (χ1n) is 10.4. The molecule has 0 radical (unpaired) electrons. The van der Waals surface area contributed by atoms with Crippen molar-refractivity contribution in [1.29, 1.82) is 0 Å². The maximum Gasteiger partial charge on any atom is 0.123 e. The highest BCUT2D eigenvalue weighted by Crippen LogP contribution is 2.29. The van der Waals surface area contributed by atoms with Gasteiger partial charge in [-0.15, -0.1) is 0 Å². The molecule has 0 unspecified atom stereocenters. The van der Waals surface area contributed by atoms with Gasteiger partial charge in [0, 0.05) is 42.2 Å². The van der Waals surface area contributed by atoms with Gasteiger partial charge in [-0.1, -0.05) is 12.1 Å². The van der Waals surface area contributed by atoms with Gasteiger partial charge >= 0.3 is 0 Å². The quantitative estimate of drug-likeness (QED) is 0.639. The van der Waals surface area contributed by atoms with Crippen molar-refractivity contribution < 1.29 is 4.39 Å². The third-order valence-electron chi connectivity index (χ3n) is 6.09. The fraction of sp³-hybridized carbons (Fsp3) is 0.417. The van der Waals surface area contributed by atoms with Crippen LogP contribution in [-0.2, 0) is 20.0 Å². The van der Waals surface area contributed by atoms with Crippen LogP contribution in [0.15, 0.2) is 42.6 Å². The van der Waals surface area contributed by atoms with Crippen molar-refractivity contribution in [2.45, 2.75) is 45.6 Å². The molecule has 4 nitrogen and oxygen atoms in total. The van der Waals surface area contributed by atoms with E-state index in [2.05, 4.69) is 36.0 Å². The number of hydrogen-bond acceptors (Lipinski definition) is 3. The summed E-state index contributed by atoms with van der Waals surface area (Å²) in [4.78, 5) is 7.37.